The zero-order chi connectivity index (χ0) is 18.0. The van der Waals surface area contributed by atoms with Gasteiger partial charge in [0.25, 0.3) is 0 Å². The summed E-state index contributed by atoms with van der Waals surface area (Å²) in [4.78, 5) is 24.9. The van der Waals surface area contributed by atoms with E-state index in [4.69, 9.17) is 4.74 Å². The first-order chi connectivity index (χ1) is 12.0. The number of cyclic esters (lactones) is 1. The molecule has 1 atom stereocenters. The molecular formula is C19H25N3O3. The molecule has 1 aromatic carbocycles. The Kier molecular flexibility index (Phi) is 5.08. The summed E-state index contributed by atoms with van der Waals surface area (Å²) in [7, 11) is 0. The lowest BCUT2D eigenvalue weighted by Gasteiger charge is -2.21. The highest BCUT2D eigenvalue weighted by Crippen LogP contribution is 2.32. The van der Waals surface area contributed by atoms with Crippen LogP contribution in [0.3, 0.4) is 0 Å². The molecule has 6 nitrogen and oxygen atoms in total. The van der Waals surface area contributed by atoms with Gasteiger partial charge in [-0.25, -0.2) is 4.79 Å². The molecule has 1 aromatic rings. The number of benzene rings is 1. The van der Waals surface area contributed by atoms with Crippen LogP contribution in [0.4, 0.5) is 10.5 Å². The molecule has 1 fully saturated rings. The number of nitrogens with zero attached hydrogens (tertiary/aromatic N) is 1. The van der Waals surface area contributed by atoms with Crippen molar-refractivity contribution in [3.05, 3.63) is 34.9 Å². The third-order valence-electron chi connectivity index (χ3n) is 4.67. The summed E-state index contributed by atoms with van der Waals surface area (Å²) in [5.74, 6) is -0.124. The Morgan fingerprint density at radius 1 is 1.36 bits per heavy atom. The van der Waals surface area contributed by atoms with Gasteiger partial charge in [-0.2, -0.15) is 0 Å². The van der Waals surface area contributed by atoms with Crippen molar-refractivity contribution in [3.8, 4) is 0 Å². The van der Waals surface area contributed by atoms with E-state index >= 15 is 0 Å². The summed E-state index contributed by atoms with van der Waals surface area (Å²) in [6, 6.07) is 4.10. The van der Waals surface area contributed by atoms with E-state index in [0.717, 1.165) is 25.2 Å². The Morgan fingerprint density at radius 2 is 2.08 bits per heavy atom. The molecule has 0 saturated carbocycles. The van der Waals surface area contributed by atoms with Crippen molar-refractivity contribution < 1.29 is 14.3 Å². The maximum atomic E-state index is 12.2. The lowest BCUT2D eigenvalue weighted by Crippen LogP contribution is -2.33. The minimum Gasteiger partial charge on any atom is -0.442 e. The van der Waals surface area contributed by atoms with Crippen LogP contribution in [-0.4, -0.2) is 44.3 Å². The van der Waals surface area contributed by atoms with Crippen molar-refractivity contribution in [2.24, 2.45) is 0 Å². The van der Waals surface area contributed by atoms with Crippen molar-refractivity contribution >= 4 is 23.3 Å². The van der Waals surface area contributed by atoms with Crippen LogP contribution >= 0.6 is 0 Å². The normalized spacial score (nSPS) is 20.3. The summed E-state index contributed by atoms with van der Waals surface area (Å²) >= 11 is 0. The summed E-state index contributed by atoms with van der Waals surface area (Å²) in [6.45, 7) is 8.32. The zero-order valence-corrected chi connectivity index (χ0v) is 15.0. The van der Waals surface area contributed by atoms with Gasteiger partial charge in [0.05, 0.1) is 13.1 Å². The number of hydrogen-bond donors (Lipinski definition) is 2. The van der Waals surface area contributed by atoms with Crippen molar-refractivity contribution in [1.82, 2.24) is 10.6 Å². The van der Waals surface area contributed by atoms with E-state index in [2.05, 4.69) is 30.6 Å². The molecule has 2 heterocycles. The fourth-order valence-corrected chi connectivity index (χ4v) is 3.55. The second kappa shape index (κ2) is 7.27. The van der Waals surface area contributed by atoms with Crippen LogP contribution in [0.2, 0.25) is 0 Å². The van der Waals surface area contributed by atoms with Crippen LogP contribution in [0.15, 0.2) is 18.2 Å². The van der Waals surface area contributed by atoms with Gasteiger partial charge in [0.2, 0.25) is 5.91 Å². The van der Waals surface area contributed by atoms with E-state index in [0.29, 0.717) is 13.1 Å². The summed E-state index contributed by atoms with van der Waals surface area (Å²) < 4.78 is 5.36. The zero-order valence-electron chi connectivity index (χ0n) is 15.0. The molecule has 0 radical (unpaired) electrons. The van der Waals surface area contributed by atoms with Crippen molar-refractivity contribution in [3.63, 3.8) is 0 Å². The third-order valence-corrected chi connectivity index (χ3v) is 4.67. The molecule has 2 N–H and O–H groups in total. The second-order valence-electron chi connectivity index (χ2n) is 6.69. The largest absolute Gasteiger partial charge is 0.442 e. The molecule has 2 aliphatic heterocycles. The van der Waals surface area contributed by atoms with Crippen LogP contribution in [0.1, 0.15) is 30.0 Å². The number of carbonyl (C=O) groups excluding carboxylic acids is 2. The SMILES string of the molecule is CC(=O)NC[C@H]1CN(c2cc(C)c(C3=CCNCC3)c(C)c2)C(=O)O1. The maximum Gasteiger partial charge on any atom is 0.414 e. The Labute approximate surface area is 148 Å². The molecule has 25 heavy (non-hydrogen) atoms. The lowest BCUT2D eigenvalue weighted by atomic mass is 9.91. The molecule has 0 spiro atoms. The number of nitrogens with one attached hydrogen (secondary N) is 2. The van der Waals surface area contributed by atoms with Crippen molar-refractivity contribution in [1.29, 1.82) is 0 Å². The van der Waals surface area contributed by atoms with Gasteiger partial charge >= 0.3 is 6.09 Å². The molecule has 0 aromatic heterocycles. The maximum absolute atomic E-state index is 12.2. The molecule has 2 amide bonds. The Hall–Kier alpha value is -2.34. The Bertz CT molecular complexity index is 704. The van der Waals surface area contributed by atoms with Gasteiger partial charge in [0, 0.05) is 19.2 Å². The summed E-state index contributed by atoms with van der Waals surface area (Å²) in [5.41, 5.74) is 5.84. The van der Waals surface area contributed by atoms with Crippen LogP contribution in [0.5, 0.6) is 0 Å². The highest BCUT2D eigenvalue weighted by atomic mass is 16.6. The van der Waals surface area contributed by atoms with Gasteiger partial charge in [-0.15, -0.1) is 0 Å². The van der Waals surface area contributed by atoms with Crippen molar-refractivity contribution in [2.45, 2.75) is 33.3 Å². The molecule has 3 rings (SSSR count). The van der Waals surface area contributed by atoms with Gasteiger partial charge < -0.3 is 15.4 Å². The minimum atomic E-state index is -0.358. The van der Waals surface area contributed by atoms with Gasteiger partial charge in [-0.3, -0.25) is 9.69 Å². The molecule has 2 aliphatic rings. The number of anilines is 1. The molecule has 0 aliphatic carbocycles. The lowest BCUT2D eigenvalue weighted by molar-refractivity contribution is -0.119. The number of hydrogen-bond acceptors (Lipinski definition) is 4. The average Bonchev–Trinajstić information content (AvgIpc) is 2.94. The van der Waals surface area contributed by atoms with Crippen molar-refractivity contribution in [2.75, 3.05) is 31.1 Å². The number of aryl methyl sites for hydroxylation is 2. The first kappa shape index (κ1) is 17.5. The highest BCUT2D eigenvalue weighted by Gasteiger charge is 2.32. The quantitative estimate of drug-likeness (QED) is 0.879. The predicted octanol–water partition coefficient (Wildman–Crippen LogP) is 2.14. The van der Waals surface area contributed by atoms with E-state index < -0.39 is 0 Å². The average molecular weight is 343 g/mol. The molecule has 1 saturated heterocycles. The number of rotatable bonds is 4. The predicted molar refractivity (Wildman–Crippen MR) is 97.7 cm³/mol. The summed E-state index contributed by atoms with van der Waals surface area (Å²) in [5, 5.41) is 6.03. The molecular weight excluding hydrogens is 318 g/mol. The molecule has 0 bridgehead atoms. The fraction of sp³-hybridized carbons (Fsp3) is 0.474. The number of ether oxygens (including phenoxy) is 1. The Balaban J connectivity index is 1.80. The summed E-state index contributed by atoms with van der Waals surface area (Å²) in [6.07, 6.45) is 2.59. The fourth-order valence-electron chi connectivity index (χ4n) is 3.55. The minimum absolute atomic E-state index is 0.124. The molecule has 6 heteroatoms. The van der Waals surface area contributed by atoms with Gasteiger partial charge in [0.15, 0.2) is 0 Å². The van der Waals surface area contributed by atoms with Gasteiger partial charge in [0.1, 0.15) is 6.10 Å². The van der Waals surface area contributed by atoms with Gasteiger partial charge in [-0.05, 0) is 61.2 Å². The third kappa shape index (κ3) is 3.85. The van der Waals surface area contributed by atoms with E-state index in [9.17, 15) is 9.59 Å². The van der Waals surface area contributed by atoms with E-state index in [1.807, 2.05) is 12.1 Å². The number of amides is 2. The standard InChI is InChI=1S/C19H25N3O3/c1-12-8-16(9-13(2)18(12)15-4-6-20-7-5-15)22-11-17(25-19(22)24)10-21-14(3)23/h4,8-9,17,20H,5-7,10-11H2,1-3H3,(H,21,23)/t17-/m0/s1. The van der Waals surface area contributed by atoms with Crippen LogP contribution < -0.4 is 15.5 Å². The first-order valence-electron chi connectivity index (χ1n) is 8.69. The Morgan fingerprint density at radius 3 is 2.68 bits per heavy atom. The number of carbonyl (C=O) groups is 2. The van der Waals surface area contributed by atoms with Crippen LogP contribution in [0, 0.1) is 13.8 Å². The monoisotopic (exact) mass is 343 g/mol. The van der Waals surface area contributed by atoms with Gasteiger partial charge in [-0.1, -0.05) is 6.08 Å². The van der Waals surface area contributed by atoms with E-state index in [-0.39, 0.29) is 18.1 Å². The molecule has 134 valence electrons. The molecule has 0 unspecified atom stereocenters. The first-order valence-corrected chi connectivity index (χ1v) is 8.69. The van der Waals surface area contributed by atoms with Crippen LogP contribution in [0.25, 0.3) is 5.57 Å². The smallest absolute Gasteiger partial charge is 0.414 e. The topological polar surface area (TPSA) is 70.7 Å². The van der Waals surface area contributed by atoms with Crippen LogP contribution in [-0.2, 0) is 9.53 Å². The highest BCUT2D eigenvalue weighted by molar-refractivity contribution is 5.91. The van der Waals surface area contributed by atoms with E-state index in [1.54, 1.807) is 4.90 Å². The van der Waals surface area contributed by atoms with E-state index in [1.165, 1.54) is 29.2 Å². The second-order valence-corrected chi connectivity index (χ2v) is 6.69.